The Morgan fingerprint density at radius 2 is 0.370 bits per heavy atom. The molecule has 2 nitrogen and oxygen atoms in total. The molecule has 0 radical (unpaired) electrons. The molecule has 73 heavy (non-hydrogen) atoms. The van der Waals surface area contributed by atoms with Gasteiger partial charge in [0.15, 0.2) is 111 Å². The largest absolute Gasteiger partial charge is 0.425 e. The monoisotopic (exact) mass is 1090 g/mol. The van der Waals surface area contributed by atoms with Gasteiger partial charge in [0.1, 0.15) is 69.8 Å². The smallest absolute Gasteiger partial charge is 0.288 e. The third-order valence-corrected chi connectivity index (χ3v) is 11.5. The Labute approximate surface area is 379 Å². The van der Waals surface area contributed by atoms with Crippen molar-refractivity contribution in [2.45, 2.75) is 0 Å². The van der Waals surface area contributed by atoms with E-state index in [4.69, 9.17) is 0 Å². The highest BCUT2D eigenvalue weighted by atomic mass is 19.2. The van der Waals surface area contributed by atoms with Crippen molar-refractivity contribution in [3.8, 4) is 0 Å². The van der Waals surface area contributed by atoms with Crippen LogP contribution in [0.3, 0.4) is 0 Å². The predicted octanol–water partition coefficient (Wildman–Crippen LogP) is 7.98. The summed E-state index contributed by atoms with van der Waals surface area (Å²) in [5.74, 6) is -113. The Kier molecular flexibility index (Phi) is 12.9. The minimum Gasteiger partial charge on any atom is -0.425 e. The second-order valence-electron chi connectivity index (χ2n) is 14.9. The first-order valence-electron chi connectivity index (χ1n) is 18.3. The molecular formula is C39H3B2F30N2-. The summed E-state index contributed by atoms with van der Waals surface area (Å²) >= 11 is 0. The van der Waals surface area contributed by atoms with Crippen LogP contribution in [0.1, 0.15) is 0 Å². The fourth-order valence-corrected chi connectivity index (χ4v) is 8.54. The molecule has 0 unspecified atom stereocenters. The normalized spacial score (nSPS) is 12.2. The van der Waals surface area contributed by atoms with Crippen molar-refractivity contribution in [1.29, 1.82) is 0 Å². The molecular weight excluding hydrogens is 1090 g/mol. The van der Waals surface area contributed by atoms with Crippen LogP contribution in [-0.2, 0) is 0 Å². The molecule has 0 bridgehead atoms. The molecule has 34 heteroatoms. The predicted molar refractivity (Wildman–Crippen MR) is 182 cm³/mol. The number of nitrogens with zero attached hydrogens (tertiary/aromatic N) is 2. The fraction of sp³-hybridized carbons (Fsp3) is 0. The quantitative estimate of drug-likeness (QED) is 0.0633. The van der Waals surface area contributed by atoms with Crippen LogP contribution in [0, 0.1) is 175 Å². The Hall–Kier alpha value is -7.44. The van der Waals surface area contributed by atoms with E-state index in [2.05, 4.69) is 0 Å². The second-order valence-corrected chi connectivity index (χ2v) is 14.9. The van der Waals surface area contributed by atoms with E-state index in [1.807, 2.05) is 0 Å². The third kappa shape index (κ3) is 6.74. The summed E-state index contributed by atoms with van der Waals surface area (Å²) in [6, 6.07) is 0. The number of hydrogen-bond donors (Lipinski definition) is 0. The molecule has 1 aromatic heterocycles. The minimum absolute atomic E-state index is 0.991. The van der Waals surface area contributed by atoms with Crippen LogP contribution in [-0.4, -0.2) is 17.0 Å². The molecule has 0 amide bonds. The summed E-state index contributed by atoms with van der Waals surface area (Å²) < 4.78 is 465. The highest BCUT2D eigenvalue weighted by molar-refractivity contribution is 7.10. The van der Waals surface area contributed by atoms with E-state index in [0.29, 0.717) is 0 Å². The lowest BCUT2D eigenvalue weighted by atomic mass is 9.22. The van der Waals surface area contributed by atoms with Gasteiger partial charge in [0.2, 0.25) is 0 Å². The summed E-state index contributed by atoms with van der Waals surface area (Å²) in [5, 5.41) is 0. The van der Waals surface area contributed by atoms with E-state index in [-0.39, 0.29) is 0 Å². The van der Waals surface area contributed by atoms with E-state index in [9.17, 15) is 26.3 Å². The fourth-order valence-electron chi connectivity index (χ4n) is 8.54. The number of halogens is 30. The number of imidazole rings is 1. The maximum atomic E-state index is 16.4. The molecule has 386 valence electrons. The molecule has 0 saturated heterocycles. The molecule has 0 spiro atoms. The Balaban J connectivity index is 1.98. The molecule has 0 N–H and O–H groups in total. The zero-order valence-electron chi connectivity index (χ0n) is 33.1. The summed E-state index contributed by atoms with van der Waals surface area (Å²) in [7, 11) is 0. The van der Waals surface area contributed by atoms with E-state index in [1.54, 1.807) is 0 Å². The van der Waals surface area contributed by atoms with Gasteiger partial charge in [-0.1, -0.05) is 32.8 Å². The lowest BCUT2D eigenvalue weighted by Crippen LogP contribution is -2.88. The van der Waals surface area contributed by atoms with Crippen molar-refractivity contribution in [2.24, 2.45) is 0 Å². The molecule has 1 heterocycles. The Bertz CT molecular complexity index is 2870. The molecule has 7 rings (SSSR count). The lowest BCUT2D eigenvalue weighted by Gasteiger charge is -2.42. The van der Waals surface area contributed by atoms with Crippen LogP contribution in [0.15, 0.2) is 18.7 Å². The molecule has 0 aliphatic heterocycles. The number of benzene rings is 6. The Morgan fingerprint density at radius 3 is 0.548 bits per heavy atom. The average Bonchev–Trinajstić information content (AvgIpc) is 3.87. The summed E-state index contributed by atoms with van der Waals surface area (Å²) in [6.45, 7) is 0. The number of hydrogen-bond acceptors (Lipinski definition) is 0. The minimum atomic E-state index is -7.37. The zero-order chi connectivity index (χ0) is 55.1. The van der Waals surface area contributed by atoms with Crippen LogP contribution >= 0.6 is 0 Å². The first-order valence-corrected chi connectivity index (χ1v) is 18.3. The third-order valence-electron chi connectivity index (χ3n) is 11.5. The highest BCUT2D eigenvalue weighted by Gasteiger charge is 2.57. The van der Waals surface area contributed by atoms with Gasteiger partial charge in [-0.25, -0.2) is 132 Å². The Morgan fingerprint density at radius 1 is 0.219 bits per heavy atom. The van der Waals surface area contributed by atoms with Crippen molar-refractivity contribution in [2.75, 3.05) is 0 Å². The first-order chi connectivity index (χ1) is 33.8. The first kappa shape index (κ1) is 53.4. The van der Waals surface area contributed by atoms with Gasteiger partial charge in [-0.05, 0) is 0 Å². The molecule has 0 aliphatic rings. The van der Waals surface area contributed by atoms with Gasteiger partial charge in [0.25, 0.3) is 12.6 Å². The van der Waals surface area contributed by atoms with Crippen molar-refractivity contribution in [1.82, 2.24) is 4.48 Å². The van der Waals surface area contributed by atoms with Gasteiger partial charge >= 0.3 is 0 Å². The van der Waals surface area contributed by atoms with E-state index in [1.165, 1.54) is 0 Å². The molecule has 0 aliphatic carbocycles. The van der Waals surface area contributed by atoms with Crippen LogP contribution in [0.2, 0.25) is 0 Å². The average molecular weight is 1090 g/mol. The summed E-state index contributed by atoms with van der Waals surface area (Å²) in [5.41, 5.74) is -22.1. The molecule has 0 fully saturated rings. The van der Waals surface area contributed by atoms with Crippen molar-refractivity contribution in [3.63, 3.8) is 0 Å². The van der Waals surface area contributed by atoms with Crippen LogP contribution in [0.4, 0.5) is 132 Å². The van der Waals surface area contributed by atoms with E-state index >= 15 is 105 Å². The zero-order valence-corrected chi connectivity index (χ0v) is 33.1. The van der Waals surface area contributed by atoms with Crippen molar-refractivity contribution >= 4 is 45.3 Å². The molecule has 0 saturated carbocycles. The van der Waals surface area contributed by atoms with Gasteiger partial charge in [-0.3, -0.25) is 0 Å². The maximum absolute atomic E-state index is 16.4. The van der Waals surface area contributed by atoms with Crippen molar-refractivity contribution in [3.05, 3.63) is 193 Å². The molecule has 6 aromatic carbocycles. The summed E-state index contributed by atoms with van der Waals surface area (Å²) in [4.78, 5) is 0. The number of rotatable bonds is 8. The topological polar surface area (TPSA) is 8.81 Å². The van der Waals surface area contributed by atoms with Crippen molar-refractivity contribution < 1.29 is 136 Å². The van der Waals surface area contributed by atoms with Gasteiger partial charge in [-0.15, -0.1) is 0 Å². The highest BCUT2D eigenvalue weighted by Crippen LogP contribution is 2.32. The standard InChI is InChI=1S/C39H3B2F30N2/c42-10-4(11(43)23(55)34(66)22(10)54)40(5-12(44)24(56)35(67)25(57)13(5)45,6-14(46)26(58)36(68)27(59)15(6)47)72-1-2-73(3-72)41(7-16(48)28(60)37(69)29(61)17(7)49,8-18(50)30(62)38(70)31(63)19(8)51)9-20(52)32(64)39(71)33(65)21(9)53/h1-3H/q-1. The SMILES string of the molecule is Fc1c(F)c(F)c([B-](c2c(F)c(F)c(F)c(F)c2F)(c2c(F)c(F)c(F)c(F)c2F)n2cc[n+]([B-](c3c(F)c(F)c(F)c(F)c3F)(c3c(F)c(F)c(F)c(F)c3F)c3c(F)c(F)c(F)c(F)c3F)c2)c(F)c1F. The summed E-state index contributed by atoms with van der Waals surface area (Å²) in [6.07, 6.45) is -18.1. The van der Waals surface area contributed by atoms with Crippen LogP contribution in [0.5, 0.6) is 0 Å². The van der Waals surface area contributed by atoms with E-state index in [0.717, 1.165) is 0 Å². The lowest BCUT2D eigenvalue weighted by molar-refractivity contribution is -0.538. The van der Waals surface area contributed by atoms with Gasteiger partial charge in [0.05, 0.1) is 12.4 Å². The van der Waals surface area contributed by atoms with Crippen LogP contribution in [0.25, 0.3) is 0 Å². The van der Waals surface area contributed by atoms with E-state index < -0.39 is 248 Å². The number of aromatic nitrogens is 2. The second kappa shape index (κ2) is 17.7. The van der Waals surface area contributed by atoms with Gasteiger partial charge in [-0.2, -0.15) is 0 Å². The van der Waals surface area contributed by atoms with Gasteiger partial charge < -0.3 is 8.96 Å². The van der Waals surface area contributed by atoms with Crippen LogP contribution < -0.4 is 37.3 Å². The maximum Gasteiger partial charge on any atom is 0.288 e. The molecule has 7 aromatic rings. The molecule has 0 atom stereocenters. The van der Waals surface area contributed by atoms with Gasteiger partial charge in [0, 0.05) is 0 Å².